The molecule has 2 aromatic rings. The van der Waals surface area contributed by atoms with Crippen molar-refractivity contribution in [3.05, 3.63) is 48.0 Å². The molecule has 1 heterocycles. The lowest BCUT2D eigenvalue weighted by Gasteiger charge is -2.18. The number of ether oxygens (including phenoxy) is 4. The highest BCUT2D eigenvalue weighted by atomic mass is 16.6. The number of benzene rings is 2. The predicted molar refractivity (Wildman–Crippen MR) is 108 cm³/mol. The number of carbonyl (C=O) groups is 2. The van der Waals surface area contributed by atoms with E-state index in [2.05, 4.69) is 5.32 Å². The van der Waals surface area contributed by atoms with E-state index in [4.69, 9.17) is 18.9 Å². The molecule has 1 atom stereocenters. The molecule has 29 heavy (non-hydrogen) atoms. The Balaban J connectivity index is 1.54. The standard InChI is InChI=1S/C22H25NO6/c1-14(21(25)23-16-9-5-6-10-17(16)26-4)28-19(24)13-27-18-11-7-8-15-12-22(2,3)29-20(15)18/h5-11,14H,12-13H2,1-4H3,(H,23,25)/t14-/m0/s1. The lowest BCUT2D eigenvalue weighted by Crippen LogP contribution is -2.31. The van der Waals surface area contributed by atoms with E-state index in [0.717, 1.165) is 12.0 Å². The minimum Gasteiger partial charge on any atom is -0.495 e. The van der Waals surface area contributed by atoms with Crippen LogP contribution >= 0.6 is 0 Å². The van der Waals surface area contributed by atoms with Gasteiger partial charge in [0, 0.05) is 12.0 Å². The van der Waals surface area contributed by atoms with Crippen LogP contribution in [0, 0.1) is 0 Å². The third-order valence-electron chi connectivity index (χ3n) is 4.44. The summed E-state index contributed by atoms with van der Waals surface area (Å²) in [5, 5.41) is 2.68. The SMILES string of the molecule is COc1ccccc1NC(=O)[C@H](C)OC(=O)COc1cccc2c1OC(C)(C)C2. The fraction of sp³-hybridized carbons (Fsp3) is 0.364. The van der Waals surface area contributed by atoms with Crippen LogP contribution in [-0.2, 0) is 20.7 Å². The molecule has 3 rings (SSSR count). The average molecular weight is 399 g/mol. The third kappa shape index (κ3) is 4.99. The van der Waals surface area contributed by atoms with Gasteiger partial charge >= 0.3 is 5.97 Å². The van der Waals surface area contributed by atoms with E-state index >= 15 is 0 Å². The Bertz CT molecular complexity index is 908. The van der Waals surface area contributed by atoms with Crippen molar-refractivity contribution in [2.24, 2.45) is 0 Å². The Labute approximate surface area is 169 Å². The topological polar surface area (TPSA) is 83.1 Å². The van der Waals surface area contributed by atoms with Crippen molar-refractivity contribution in [1.29, 1.82) is 0 Å². The number of esters is 1. The smallest absolute Gasteiger partial charge is 0.344 e. The second-order valence-corrected chi connectivity index (χ2v) is 7.39. The van der Waals surface area contributed by atoms with E-state index in [1.165, 1.54) is 14.0 Å². The van der Waals surface area contributed by atoms with Gasteiger partial charge in [-0.2, -0.15) is 0 Å². The lowest BCUT2D eigenvalue weighted by atomic mass is 10.0. The van der Waals surface area contributed by atoms with Crippen LogP contribution in [0.5, 0.6) is 17.2 Å². The Kier molecular flexibility index (Phi) is 5.96. The zero-order valence-corrected chi connectivity index (χ0v) is 17.0. The summed E-state index contributed by atoms with van der Waals surface area (Å²) in [6.07, 6.45) is -0.225. The number of nitrogens with one attached hydrogen (secondary N) is 1. The van der Waals surface area contributed by atoms with Gasteiger partial charge < -0.3 is 24.3 Å². The van der Waals surface area contributed by atoms with Gasteiger partial charge in [0.15, 0.2) is 24.2 Å². The Morgan fingerprint density at radius 1 is 1.14 bits per heavy atom. The minimum absolute atomic E-state index is 0.312. The molecule has 2 aromatic carbocycles. The fourth-order valence-electron chi connectivity index (χ4n) is 3.10. The molecule has 0 aromatic heterocycles. The van der Waals surface area contributed by atoms with Gasteiger partial charge in [-0.1, -0.05) is 24.3 Å². The van der Waals surface area contributed by atoms with Crippen molar-refractivity contribution in [2.45, 2.75) is 38.9 Å². The summed E-state index contributed by atoms with van der Waals surface area (Å²) in [5.41, 5.74) is 1.22. The van der Waals surface area contributed by atoms with E-state index in [-0.39, 0.29) is 12.2 Å². The lowest BCUT2D eigenvalue weighted by molar-refractivity contribution is -0.155. The molecule has 1 aliphatic rings. The van der Waals surface area contributed by atoms with Crippen LogP contribution in [0.25, 0.3) is 0 Å². The zero-order chi connectivity index (χ0) is 21.0. The monoisotopic (exact) mass is 399 g/mol. The number of hydrogen-bond donors (Lipinski definition) is 1. The minimum atomic E-state index is -0.993. The first-order chi connectivity index (χ1) is 13.8. The van der Waals surface area contributed by atoms with E-state index < -0.39 is 18.0 Å². The number of para-hydroxylation sites is 3. The van der Waals surface area contributed by atoms with Crippen LogP contribution < -0.4 is 19.5 Å². The molecule has 1 aliphatic heterocycles. The molecular formula is C22H25NO6. The van der Waals surface area contributed by atoms with E-state index in [1.807, 2.05) is 26.0 Å². The molecular weight excluding hydrogens is 374 g/mol. The van der Waals surface area contributed by atoms with Crippen molar-refractivity contribution in [3.63, 3.8) is 0 Å². The van der Waals surface area contributed by atoms with Gasteiger partial charge in [-0.15, -0.1) is 0 Å². The van der Waals surface area contributed by atoms with Gasteiger partial charge in [-0.25, -0.2) is 4.79 Å². The first kappa shape index (κ1) is 20.5. The van der Waals surface area contributed by atoms with Gasteiger partial charge in [0.25, 0.3) is 5.91 Å². The second-order valence-electron chi connectivity index (χ2n) is 7.39. The number of amides is 1. The molecule has 0 bridgehead atoms. The molecule has 0 aliphatic carbocycles. The molecule has 0 saturated heterocycles. The zero-order valence-electron chi connectivity index (χ0n) is 17.0. The largest absolute Gasteiger partial charge is 0.495 e. The normalized spacial score (nSPS) is 14.9. The van der Waals surface area contributed by atoms with Crippen LogP contribution in [0.15, 0.2) is 42.5 Å². The van der Waals surface area contributed by atoms with E-state index in [9.17, 15) is 9.59 Å². The molecule has 7 heteroatoms. The van der Waals surface area contributed by atoms with Gasteiger partial charge in [0.05, 0.1) is 12.8 Å². The summed E-state index contributed by atoms with van der Waals surface area (Å²) >= 11 is 0. The molecule has 0 fully saturated rings. The number of rotatable bonds is 7. The van der Waals surface area contributed by atoms with Crippen molar-refractivity contribution in [2.75, 3.05) is 19.0 Å². The Hall–Kier alpha value is -3.22. The van der Waals surface area contributed by atoms with Crippen LogP contribution in [-0.4, -0.2) is 37.3 Å². The quantitative estimate of drug-likeness (QED) is 0.719. The molecule has 154 valence electrons. The maximum atomic E-state index is 12.3. The number of hydrogen-bond acceptors (Lipinski definition) is 6. The summed E-state index contributed by atoms with van der Waals surface area (Å²) in [6, 6.07) is 12.6. The molecule has 1 N–H and O–H groups in total. The van der Waals surface area contributed by atoms with Crippen molar-refractivity contribution in [3.8, 4) is 17.2 Å². The van der Waals surface area contributed by atoms with E-state index in [1.54, 1.807) is 30.3 Å². The average Bonchev–Trinajstić information content (AvgIpc) is 3.01. The highest BCUT2D eigenvalue weighted by Gasteiger charge is 2.32. The molecule has 0 radical (unpaired) electrons. The maximum Gasteiger partial charge on any atom is 0.344 e. The third-order valence-corrected chi connectivity index (χ3v) is 4.44. The highest BCUT2D eigenvalue weighted by molar-refractivity contribution is 5.96. The first-order valence-electron chi connectivity index (χ1n) is 9.36. The summed E-state index contributed by atoms with van der Waals surface area (Å²) in [5.74, 6) is 0.531. The van der Waals surface area contributed by atoms with Crippen LogP contribution in [0.4, 0.5) is 5.69 Å². The fourth-order valence-corrected chi connectivity index (χ4v) is 3.10. The predicted octanol–water partition coefficient (Wildman–Crippen LogP) is 3.36. The molecule has 0 spiro atoms. The van der Waals surface area contributed by atoms with Crippen molar-refractivity contribution < 1.29 is 28.5 Å². The van der Waals surface area contributed by atoms with Crippen LogP contribution in [0.3, 0.4) is 0 Å². The second kappa shape index (κ2) is 8.43. The molecule has 7 nitrogen and oxygen atoms in total. The Morgan fingerprint density at radius 2 is 1.86 bits per heavy atom. The first-order valence-corrected chi connectivity index (χ1v) is 9.36. The molecule has 1 amide bonds. The van der Waals surface area contributed by atoms with Crippen molar-refractivity contribution >= 4 is 17.6 Å². The van der Waals surface area contributed by atoms with Crippen LogP contribution in [0.2, 0.25) is 0 Å². The van der Waals surface area contributed by atoms with Crippen LogP contribution in [0.1, 0.15) is 26.3 Å². The maximum absolute atomic E-state index is 12.3. The molecule has 0 unspecified atom stereocenters. The summed E-state index contributed by atoms with van der Waals surface area (Å²) in [4.78, 5) is 24.5. The summed E-state index contributed by atoms with van der Waals surface area (Å²) in [6.45, 7) is 5.15. The number of fused-ring (bicyclic) bond motifs is 1. The Morgan fingerprint density at radius 3 is 2.62 bits per heavy atom. The van der Waals surface area contributed by atoms with E-state index in [0.29, 0.717) is 22.9 Å². The van der Waals surface area contributed by atoms with Crippen molar-refractivity contribution in [1.82, 2.24) is 0 Å². The van der Waals surface area contributed by atoms with Gasteiger partial charge in [0.2, 0.25) is 0 Å². The number of carbonyl (C=O) groups excluding carboxylic acids is 2. The highest BCUT2D eigenvalue weighted by Crippen LogP contribution is 2.41. The number of anilines is 1. The molecule has 0 saturated carbocycles. The summed E-state index contributed by atoms with van der Waals surface area (Å²) < 4.78 is 21.9. The van der Waals surface area contributed by atoms with Gasteiger partial charge in [0.1, 0.15) is 11.4 Å². The van der Waals surface area contributed by atoms with Gasteiger partial charge in [-0.05, 0) is 39.0 Å². The summed E-state index contributed by atoms with van der Waals surface area (Å²) in [7, 11) is 1.51. The number of methoxy groups -OCH3 is 1. The van der Waals surface area contributed by atoms with Gasteiger partial charge in [-0.3, -0.25) is 4.79 Å².